The zero-order chi connectivity index (χ0) is 37.9. The van der Waals surface area contributed by atoms with Crippen molar-refractivity contribution < 1.29 is 62.6 Å². The summed E-state index contributed by atoms with van der Waals surface area (Å²) < 4.78 is 155. The van der Waals surface area contributed by atoms with Crippen LogP contribution >= 0.6 is 0 Å². The predicted molar refractivity (Wildman–Crippen MR) is 166 cm³/mol. The lowest BCUT2D eigenvalue weighted by Gasteiger charge is -2.40. The Morgan fingerprint density at radius 1 is 0.941 bits per heavy atom. The molecular weight excluding hydrogens is 723 g/mol. The van der Waals surface area contributed by atoms with Gasteiger partial charge in [-0.1, -0.05) is 6.92 Å². The summed E-state index contributed by atoms with van der Waals surface area (Å²) >= 11 is 0. The maximum absolute atomic E-state index is 13.8. The van der Waals surface area contributed by atoms with Gasteiger partial charge in [0.2, 0.25) is 5.95 Å². The van der Waals surface area contributed by atoms with Crippen LogP contribution < -0.4 is 10.2 Å². The molecule has 4 rings (SSSR count). The maximum Gasteiger partial charge on any atom is 0.416 e. The zero-order valence-electron chi connectivity index (χ0n) is 27.1. The molecule has 0 fully saturated rings. The van der Waals surface area contributed by atoms with Crippen LogP contribution in [0.3, 0.4) is 0 Å². The summed E-state index contributed by atoms with van der Waals surface area (Å²) in [5, 5.41) is 11.9. The molecule has 2 N–H and O–H groups in total. The Bertz CT molecular complexity index is 1800. The van der Waals surface area contributed by atoms with Gasteiger partial charge in [0.05, 0.1) is 52.7 Å². The first-order valence-electron chi connectivity index (χ1n) is 15.6. The van der Waals surface area contributed by atoms with Gasteiger partial charge < -0.3 is 15.2 Å². The van der Waals surface area contributed by atoms with Crippen LogP contribution in [0, 0.1) is 0 Å². The van der Waals surface area contributed by atoms with E-state index in [-0.39, 0.29) is 49.8 Å². The van der Waals surface area contributed by atoms with Crippen LogP contribution in [0.2, 0.25) is 0 Å². The molecule has 0 saturated carbocycles. The van der Waals surface area contributed by atoms with Gasteiger partial charge in [-0.25, -0.2) is 23.2 Å². The number of amides is 1. The highest BCUT2D eigenvalue weighted by molar-refractivity contribution is 7.91. The number of carbonyl (C=O) groups is 1. The average molecular weight is 757 g/mol. The number of aromatic nitrogens is 2. The van der Waals surface area contributed by atoms with Crippen LogP contribution in [0.15, 0.2) is 47.5 Å². The fourth-order valence-electron chi connectivity index (χ4n) is 5.70. The Labute approximate surface area is 286 Å². The minimum absolute atomic E-state index is 0.0217. The predicted octanol–water partition coefficient (Wildman–Crippen LogP) is 7.97. The van der Waals surface area contributed by atoms with Crippen molar-refractivity contribution in [2.75, 3.05) is 29.2 Å². The summed E-state index contributed by atoms with van der Waals surface area (Å²) in [6.45, 7) is 2.90. The minimum atomic E-state index is -5.19. The normalized spacial score (nSPS) is 16.9. The smallest absolute Gasteiger partial charge is 0.416 e. The number of rotatable bonds is 11. The van der Waals surface area contributed by atoms with Gasteiger partial charge in [-0.05, 0) is 80.1 Å². The van der Waals surface area contributed by atoms with Crippen molar-refractivity contribution >= 4 is 27.6 Å². The van der Waals surface area contributed by atoms with Gasteiger partial charge in [-0.2, -0.15) is 39.5 Å². The highest BCUT2D eigenvalue weighted by Gasteiger charge is 2.40. The summed E-state index contributed by atoms with van der Waals surface area (Å²) in [4.78, 5) is 21.7. The molecule has 19 heteroatoms. The number of ether oxygens (including phenoxy) is 1. The fourth-order valence-corrected chi connectivity index (χ4v) is 7.20. The Kier molecular flexibility index (Phi) is 11.8. The topological polar surface area (TPSA) is 122 Å². The highest BCUT2D eigenvalue weighted by Crippen LogP contribution is 2.43. The number of hydrogen-bond donors (Lipinski definition) is 2. The largest absolute Gasteiger partial charge is 0.449 e. The van der Waals surface area contributed by atoms with E-state index in [9.17, 15) is 52.7 Å². The van der Waals surface area contributed by atoms with E-state index in [2.05, 4.69) is 15.3 Å². The molecule has 9 nitrogen and oxygen atoms in total. The molecule has 0 saturated heterocycles. The van der Waals surface area contributed by atoms with Crippen molar-refractivity contribution in [3.05, 3.63) is 76.1 Å². The molecule has 1 aliphatic rings. The number of carbonyl (C=O) groups excluding carboxylic acids is 1. The molecule has 3 aromatic rings. The van der Waals surface area contributed by atoms with Gasteiger partial charge in [-0.3, -0.25) is 4.90 Å². The minimum Gasteiger partial charge on any atom is -0.449 e. The SMILES string of the molecule is CCOC(=O)N1c2ccc(C(F)(F)F)cc2[C@@H](Nc2ncc(S(=O)(=O)CCCCO)c(Cc3cc(C(F)(F)F)cc(C(F)(F)F)c3)n2)C[C@H]1CC. The van der Waals surface area contributed by atoms with E-state index in [4.69, 9.17) is 9.84 Å². The molecule has 0 spiro atoms. The Morgan fingerprint density at radius 2 is 1.57 bits per heavy atom. The first-order chi connectivity index (χ1) is 23.7. The van der Waals surface area contributed by atoms with Crippen molar-refractivity contribution in [2.24, 2.45) is 0 Å². The van der Waals surface area contributed by atoms with Crippen LogP contribution in [0.1, 0.15) is 79.1 Å². The number of fused-ring (bicyclic) bond motifs is 1. The molecule has 0 bridgehead atoms. The van der Waals surface area contributed by atoms with E-state index < -0.39 is 97.5 Å². The average Bonchev–Trinajstić information content (AvgIpc) is 3.03. The van der Waals surface area contributed by atoms with Crippen molar-refractivity contribution in [2.45, 2.75) is 81.5 Å². The summed E-state index contributed by atoms with van der Waals surface area (Å²) in [6.07, 6.45) is -15.7. The molecule has 1 amide bonds. The number of anilines is 2. The van der Waals surface area contributed by atoms with Gasteiger partial charge in [-0.15, -0.1) is 0 Å². The third-order valence-corrected chi connectivity index (χ3v) is 9.94. The lowest BCUT2D eigenvalue weighted by molar-refractivity contribution is -0.143. The van der Waals surface area contributed by atoms with E-state index in [1.807, 2.05) is 0 Å². The molecule has 2 atom stereocenters. The van der Waals surface area contributed by atoms with Gasteiger partial charge >= 0.3 is 24.6 Å². The Balaban J connectivity index is 1.85. The van der Waals surface area contributed by atoms with Crippen molar-refractivity contribution in [3.63, 3.8) is 0 Å². The van der Waals surface area contributed by atoms with Gasteiger partial charge in [0.1, 0.15) is 4.90 Å². The second-order valence-corrected chi connectivity index (χ2v) is 13.8. The number of benzene rings is 2. The maximum atomic E-state index is 13.8. The van der Waals surface area contributed by atoms with E-state index in [0.717, 1.165) is 24.4 Å². The summed E-state index contributed by atoms with van der Waals surface area (Å²) in [7, 11) is -4.31. The summed E-state index contributed by atoms with van der Waals surface area (Å²) in [5.74, 6) is -0.958. The molecule has 0 radical (unpaired) electrons. The third kappa shape index (κ3) is 9.41. The number of nitrogens with one attached hydrogen (secondary N) is 1. The lowest BCUT2D eigenvalue weighted by atomic mass is 9.89. The van der Waals surface area contributed by atoms with Crippen LogP contribution in [-0.2, 0) is 39.5 Å². The molecular formula is C32H33F9N4O5S. The van der Waals surface area contributed by atoms with Crippen LogP contribution in [-0.4, -0.2) is 54.6 Å². The number of unbranched alkanes of at least 4 members (excludes halogenated alkanes) is 1. The number of nitrogens with zero attached hydrogens (tertiary/aromatic N) is 3. The van der Waals surface area contributed by atoms with Crippen molar-refractivity contribution in [1.29, 1.82) is 0 Å². The zero-order valence-corrected chi connectivity index (χ0v) is 27.9. The highest BCUT2D eigenvalue weighted by atomic mass is 32.2. The summed E-state index contributed by atoms with van der Waals surface area (Å²) in [6, 6.07) is 1.82. The monoisotopic (exact) mass is 756 g/mol. The second-order valence-electron chi connectivity index (χ2n) is 11.7. The van der Waals surface area contributed by atoms with Crippen molar-refractivity contribution in [3.8, 4) is 0 Å². The lowest BCUT2D eigenvalue weighted by Crippen LogP contribution is -2.46. The van der Waals surface area contributed by atoms with Crippen LogP contribution in [0.25, 0.3) is 0 Å². The van der Waals surface area contributed by atoms with E-state index >= 15 is 0 Å². The number of aliphatic hydroxyl groups excluding tert-OH is 1. The van der Waals surface area contributed by atoms with E-state index in [1.54, 1.807) is 13.8 Å². The summed E-state index contributed by atoms with van der Waals surface area (Å²) in [5.41, 5.74) is -5.34. The van der Waals surface area contributed by atoms with Crippen molar-refractivity contribution in [1.82, 2.24) is 9.97 Å². The number of sulfone groups is 1. The molecule has 280 valence electrons. The Hall–Kier alpha value is -4.13. The Morgan fingerprint density at radius 3 is 2.12 bits per heavy atom. The van der Waals surface area contributed by atoms with Gasteiger partial charge in [0, 0.05) is 19.1 Å². The molecule has 2 heterocycles. The van der Waals surface area contributed by atoms with Crippen LogP contribution in [0.5, 0.6) is 0 Å². The second kappa shape index (κ2) is 15.2. The fraction of sp³-hybridized carbons (Fsp3) is 0.469. The first kappa shape index (κ1) is 39.7. The third-order valence-electron chi connectivity index (χ3n) is 8.11. The number of halogens is 9. The molecule has 1 aromatic heterocycles. The molecule has 0 unspecified atom stereocenters. The van der Waals surface area contributed by atoms with E-state index in [0.29, 0.717) is 18.6 Å². The first-order valence-corrected chi connectivity index (χ1v) is 17.3. The van der Waals surface area contributed by atoms with E-state index in [1.165, 1.54) is 4.90 Å². The number of hydrogen-bond acceptors (Lipinski definition) is 8. The molecule has 51 heavy (non-hydrogen) atoms. The van der Waals surface area contributed by atoms with Gasteiger partial charge in [0.25, 0.3) is 0 Å². The molecule has 2 aromatic carbocycles. The quantitative estimate of drug-likeness (QED) is 0.149. The number of aliphatic hydroxyl groups is 1. The molecule has 1 aliphatic heterocycles. The molecule has 0 aliphatic carbocycles. The standard InChI is InChI=1S/C32H33F9N4O5S/c1-3-22-16-24(23-15-19(30(33,34)35)7-8-26(23)45(22)29(47)50-4-2)43-28-42-17-27(51(48,49)10-6-5-9-46)25(44-28)13-18-11-20(31(36,37)38)14-21(12-18)32(39,40)41/h7-8,11-12,14-15,17,22,24,46H,3-6,9-10,13,16H2,1-2H3,(H,42,43,44)/t22-,24+/m1/s1. The van der Waals surface area contributed by atoms with Gasteiger partial charge in [0.15, 0.2) is 9.84 Å². The number of alkyl halides is 9. The van der Waals surface area contributed by atoms with Crippen LogP contribution in [0.4, 0.5) is 55.9 Å².